The lowest BCUT2D eigenvalue weighted by atomic mass is 9.95. The molecule has 4 rings (SSSR count). The van der Waals surface area contributed by atoms with Crippen molar-refractivity contribution in [2.24, 2.45) is 0 Å². The molecule has 0 atom stereocenters. The molecule has 126 valence electrons. The summed E-state index contributed by atoms with van der Waals surface area (Å²) in [4.78, 5) is 17.3. The summed E-state index contributed by atoms with van der Waals surface area (Å²) in [5.41, 5.74) is 3.99. The Hall–Kier alpha value is -2.28. The van der Waals surface area contributed by atoms with E-state index >= 15 is 0 Å². The normalized spacial score (nSPS) is 16.7. The molecule has 1 aliphatic carbocycles. The number of carbonyl (C=O) groups is 1. The van der Waals surface area contributed by atoms with Gasteiger partial charge in [0, 0.05) is 16.8 Å². The average molecular weight is 345 g/mol. The zero-order chi connectivity index (χ0) is 16.6. The Kier molecular flexibility index (Phi) is 3.80. The van der Waals surface area contributed by atoms with Crippen molar-refractivity contribution in [2.75, 3.05) is 13.3 Å². The molecule has 1 aromatic carbocycles. The molecule has 2 N–H and O–H groups in total. The average Bonchev–Trinajstić information content (AvgIpc) is 3.04. The summed E-state index contributed by atoms with van der Waals surface area (Å²) in [6, 6.07) is 5.91. The van der Waals surface area contributed by atoms with Crippen LogP contribution in [0.4, 0.5) is 4.79 Å². The molecule has 2 heterocycles. The number of benzene rings is 1. The maximum Gasteiger partial charge on any atom is 0.315 e. The number of aryl methyl sites for hydroxylation is 1. The molecule has 1 fully saturated rings. The van der Waals surface area contributed by atoms with Crippen molar-refractivity contribution in [3.05, 3.63) is 39.8 Å². The minimum atomic E-state index is -0.144. The van der Waals surface area contributed by atoms with Crippen molar-refractivity contribution in [3.63, 3.8) is 0 Å². The van der Waals surface area contributed by atoms with Crippen LogP contribution in [0.25, 0.3) is 0 Å². The number of nitrogens with zero attached hydrogens (tertiary/aromatic N) is 1. The number of hydrogen-bond donors (Lipinski definition) is 2. The van der Waals surface area contributed by atoms with Gasteiger partial charge in [-0.05, 0) is 37.5 Å². The molecule has 0 saturated heterocycles. The monoisotopic (exact) mass is 345 g/mol. The van der Waals surface area contributed by atoms with E-state index in [1.807, 2.05) is 19.1 Å². The van der Waals surface area contributed by atoms with Crippen LogP contribution in [0.1, 0.15) is 29.0 Å². The zero-order valence-electron chi connectivity index (χ0n) is 13.4. The van der Waals surface area contributed by atoms with Gasteiger partial charge >= 0.3 is 6.03 Å². The molecular weight excluding hydrogens is 326 g/mol. The van der Waals surface area contributed by atoms with E-state index in [0.29, 0.717) is 13.1 Å². The number of aromatic nitrogens is 1. The molecule has 1 aromatic heterocycles. The maximum atomic E-state index is 12.1. The molecular formula is C17H19N3O3S. The smallest absolute Gasteiger partial charge is 0.315 e. The summed E-state index contributed by atoms with van der Waals surface area (Å²) in [5, 5.41) is 5.89. The zero-order valence-corrected chi connectivity index (χ0v) is 14.2. The van der Waals surface area contributed by atoms with Crippen LogP contribution in [-0.2, 0) is 12.0 Å². The first-order valence-corrected chi connectivity index (χ1v) is 8.85. The molecule has 0 unspecified atom stereocenters. The Balaban J connectivity index is 1.33. The third-order valence-corrected chi connectivity index (χ3v) is 5.62. The summed E-state index contributed by atoms with van der Waals surface area (Å²) < 4.78 is 10.8. The van der Waals surface area contributed by atoms with E-state index in [1.54, 1.807) is 16.8 Å². The summed E-state index contributed by atoms with van der Waals surface area (Å²) in [7, 11) is 0. The van der Waals surface area contributed by atoms with Gasteiger partial charge in [-0.3, -0.25) is 0 Å². The SMILES string of the molecule is Cc1ncsc1CNC(=O)NCC1(c2ccc3c(c2)OCO3)CC1. The first-order valence-electron chi connectivity index (χ1n) is 7.97. The van der Waals surface area contributed by atoms with Gasteiger partial charge in [0.05, 0.1) is 17.7 Å². The van der Waals surface area contributed by atoms with Crippen molar-refractivity contribution in [1.29, 1.82) is 0 Å². The van der Waals surface area contributed by atoms with Crippen LogP contribution < -0.4 is 20.1 Å². The molecule has 1 saturated carbocycles. The fraction of sp³-hybridized carbons (Fsp3) is 0.412. The Morgan fingerprint density at radius 3 is 2.88 bits per heavy atom. The number of carbonyl (C=O) groups excluding carboxylic acids is 1. The van der Waals surface area contributed by atoms with Gasteiger partial charge in [0.1, 0.15) is 0 Å². The summed E-state index contributed by atoms with van der Waals surface area (Å²) >= 11 is 1.56. The number of ether oxygens (including phenoxy) is 2. The van der Waals surface area contributed by atoms with Gasteiger partial charge in [0.2, 0.25) is 6.79 Å². The van der Waals surface area contributed by atoms with E-state index in [-0.39, 0.29) is 18.2 Å². The number of urea groups is 1. The second-order valence-corrected chi connectivity index (χ2v) is 7.18. The topological polar surface area (TPSA) is 72.5 Å². The molecule has 6 nitrogen and oxygen atoms in total. The molecule has 1 aliphatic heterocycles. The Morgan fingerprint density at radius 2 is 2.12 bits per heavy atom. The highest BCUT2D eigenvalue weighted by molar-refractivity contribution is 7.09. The van der Waals surface area contributed by atoms with Crippen LogP contribution in [0.3, 0.4) is 0 Å². The molecule has 2 aliphatic rings. The molecule has 0 radical (unpaired) electrons. The third-order valence-electron chi connectivity index (χ3n) is 4.68. The fourth-order valence-corrected chi connectivity index (χ4v) is 3.63. The van der Waals surface area contributed by atoms with E-state index in [4.69, 9.17) is 9.47 Å². The lowest BCUT2D eigenvalue weighted by molar-refractivity contribution is 0.174. The Morgan fingerprint density at radius 1 is 1.29 bits per heavy atom. The van der Waals surface area contributed by atoms with Gasteiger partial charge in [-0.15, -0.1) is 11.3 Å². The standard InChI is InChI=1S/C17H19N3O3S/c1-11-15(24-9-20-11)7-18-16(21)19-8-17(4-5-17)12-2-3-13-14(6-12)23-10-22-13/h2-3,6,9H,4-5,7-8,10H2,1H3,(H2,18,19,21). The van der Waals surface area contributed by atoms with Gasteiger partial charge in [-0.25, -0.2) is 9.78 Å². The first kappa shape index (κ1) is 15.3. The first-order chi connectivity index (χ1) is 11.7. The molecule has 0 bridgehead atoms. The third kappa shape index (κ3) is 2.91. The van der Waals surface area contributed by atoms with Crippen molar-refractivity contribution in [1.82, 2.24) is 15.6 Å². The van der Waals surface area contributed by atoms with Crippen molar-refractivity contribution >= 4 is 17.4 Å². The quantitative estimate of drug-likeness (QED) is 0.874. The maximum absolute atomic E-state index is 12.1. The summed E-state index contributed by atoms with van der Waals surface area (Å²) in [6.07, 6.45) is 2.14. The van der Waals surface area contributed by atoms with E-state index in [9.17, 15) is 4.79 Å². The predicted molar refractivity (Wildman–Crippen MR) is 90.6 cm³/mol. The number of thiazole rings is 1. The van der Waals surface area contributed by atoms with Gasteiger partial charge in [0.15, 0.2) is 11.5 Å². The Bertz CT molecular complexity index is 770. The van der Waals surface area contributed by atoms with E-state index in [1.165, 1.54) is 5.56 Å². The Labute approximate surface area is 144 Å². The molecule has 24 heavy (non-hydrogen) atoms. The molecule has 0 spiro atoms. The van der Waals surface area contributed by atoms with E-state index < -0.39 is 0 Å². The van der Waals surface area contributed by atoms with E-state index in [0.717, 1.165) is 34.9 Å². The number of amides is 2. The summed E-state index contributed by atoms with van der Waals surface area (Å²) in [5.74, 6) is 1.59. The predicted octanol–water partition coefficient (Wildman–Crippen LogP) is 2.71. The van der Waals surface area contributed by atoms with Crippen LogP contribution >= 0.6 is 11.3 Å². The largest absolute Gasteiger partial charge is 0.454 e. The molecule has 7 heteroatoms. The highest BCUT2D eigenvalue weighted by atomic mass is 32.1. The van der Waals surface area contributed by atoms with Crippen molar-refractivity contribution < 1.29 is 14.3 Å². The summed E-state index contributed by atoms with van der Waals surface area (Å²) in [6.45, 7) is 3.37. The minimum Gasteiger partial charge on any atom is -0.454 e. The number of nitrogens with one attached hydrogen (secondary N) is 2. The fourth-order valence-electron chi connectivity index (χ4n) is 2.91. The number of hydrogen-bond acceptors (Lipinski definition) is 5. The lowest BCUT2D eigenvalue weighted by Gasteiger charge is -2.17. The highest BCUT2D eigenvalue weighted by Crippen LogP contribution is 2.49. The molecule has 2 amide bonds. The van der Waals surface area contributed by atoms with Gasteiger partial charge in [0.25, 0.3) is 0 Å². The van der Waals surface area contributed by atoms with Crippen molar-refractivity contribution in [3.8, 4) is 11.5 Å². The second kappa shape index (κ2) is 5.98. The number of fused-ring (bicyclic) bond motifs is 1. The van der Waals surface area contributed by atoms with Crippen LogP contribution in [0, 0.1) is 6.92 Å². The highest BCUT2D eigenvalue weighted by Gasteiger charge is 2.45. The van der Waals surface area contributed by atoms with Gasteiger partial charge < -0.3 is 20.1 Å². The number of rotatable bonds is 5. The van der Waals surface area contributed by atoms with Crippen LogP contribution in [-0.4, -0.2) is 24.4 Å². The minimum absolute atomic E-state index is 0.0265. The molecule has 2 aromatic rings. The van der Waals surface area contributed by atoms with Crippen LogP contribution in [0.15, 0.2) is 23.7 Å². The van der Waals surface area contributed by atoms with E-state index in [2.05, 4.69) is 21.7 Å². The van der Waals surface area contributed by atoms with Crippen LogP contribution in [0.2, 0.25) is 0 Å². The van der Waals surface area contributed by atoms with Crippen molar-refractivity contribution in [2.45, 2.75) is 31.7 Å². The van der Waals surface area contributed by atoms with Crippen LogP contribution in [0.5, 0.6) is 11.5 Å². The van der Waals surface area contributed by atoms with Gasteiger partial charge in [-0.2, -0.15) is 0 Å². The lowest BCUT2D eigenvalue weighted by Crippen LogP contribution is -2.39. The van der Waals surface area contributed by atoms with Gasteiger partial charge in [-0.1, -0.05) is 6.07 Å². The second-order valence-electron chi connectivity index (χ2n) is 6.25.